The highest BCUT2D eigenvalue weighted by Crippen LogP contribution is 2.12. The van der Waals surface area contributed by atoms with E-state index in [0.717, 1.165) is 0 Å². The van der Waals surface area contributed by atoms with Gasteiger partial charge in [0.25, 0.3) is 0 Å². The zero-order valence-corrected chi connectivity index (χ0v) is 13.1. The predicted octanol–water partition coefficient (Wildman–Crippen LogP) is 2.34. The van der Waals surface area contributed by atoms with Gasteiger partial charge in [-0.1, -0.05) is 39.0 Å². The van der Waals surface area contributed by atoms with Crippen LogP contribution in [0.3, 0.4) is 0 Å². The topological polar surface area (TPSA) is 49.4 Å². The second kappa shape index (κ2) is 7.20. The van der Waals surface area contributed by atoms with Crippen molar-refractivity contribution in [1.82, 2.24) is 10.2 Å². The Bertz CT molecular complexity index is 509. The van der Waals surface area contributed by atoms with E-state index in [1.165, 1.54) is 17.9 Å². The van der Waals surface area contributed by atoms with Gasteiger partial charge in [0.05, 0.1) is 0 Å². The number of hydrogen-bond donors (Lipinski definition) is 1. The Morgan fingerprint density at radius 1 is 1.24 bits per heavy atom. The molecule has 0 fully saturated rings. The van der Waals surface area contributed by atoms with Crippen LogP contribution in [-0.2, 0) is 16.1 Å². The molecule has 0 unspecified atom stereocenters. The summed E-state index contributed by atoms with van der Waals surface area (Å²) in [5, 5.41) is 2.78. The van der Waals surface area contributed by atoms with Crippen LogP contribution in [0.25, 0.3) is 0 Å². The number of nitrogens with zero attached hydrogens (tertiary/aromatic N) is 1. The van der Waals surface area contributed by atoms with Crippen molar-refractivity contribution in [3.8, 4) is 0 Å². The fourth-order valence-corrected chi connectivity index (χ4v) is 1.75. The van der Waals surface area contributed by atoms with E-state index in [4.69, 9.17) is 0 Å². The SMILES string of the molecule is CC(=O)N(CCNC(=O)C(C)(C)C)Cc1ccccc1F. The summed E-state index contributed by atoms with van der Waals surface area (Å²) in [4.78, 5) is 24.9. The molecule has 0 aliphatic heterocycles. The van der Waals surface area contributed by atoms with E-state index >= 15 is 0 Å². The first-order valence-electron chi connectivity index (χ1n) is 6.99. The molecule has 0 aliphatic rings. The fourth-order valence-electron chi connectivity index (χ4n) is 1.75. The van der Waals surface area contributed by atoms with Crippen molar-refractivity contribution < 1.29 is 14.0 Å². The minimum absolute atomic E-state index is 0.0723. The summed E-state index contributed by atoms with van der Waals surface area (Å²) in [5.41, 5.74) is 0.00177. The Hall–Kier alpha value is -1.91. The van der Waals surface area contributed by atoms with E-state index in [9.17, 15) is 14.0 Å². The molecule has 0 aliphatic carbocycles. The Labute approximate surface area is 125 Å². The Balaban J connectivity index is 2.58. The van der Waals surface area contributed by atoms with Crippen molar-refractivity contribution in [2.45, 2.75) is 34.2 Å². The molecule has 1 rings (SSSR count). The van der Waals surface area contributed by atoms with E-state index in [1.54, 1.807) is 18.2 Å². The molecule has 1 N–H and O–H groups in total. The van der Waals surface area contributed by atoms with E-state index in [-0.39, 0.29) is 24.2 Å². The van der Waals surface area contributed by atoms with Crippen molar-refractivity contribution >= 4 is 11.8 Å². The largest absolute Gasteiger partial charge is 0.354 e. The lowest BCUT2D eigenvalue weighted by Crippen LogP contribution is -2.41. The number of halogens is 1. The zero-order chi connectivity index (χ0) is 16.0. The standard InChI is InChI=1S/C16H23FN2O2/c1-12(20)19(10-9-18-15(21)16(2,3)4)11-13-7-5-6-8-14(13)17/h5-8H,9-11H2,1-4H3,(H,18,21). The van der Waals surface area contributed by atoms with Crippen LogP contribution in [0.4, 0.5) is 4.39 Å². The molecule has 1 aromatic carbocycles. The van der Waals surface area contributed by atoms with Gasteiger partial charge in [0.15, 0.2) is 0 Å². The van der Waals surface area contributed by atoms with Crippen LogP contribution in [0.5, 0.6) is 0 Å². The van der Waals surface area contributed by atoms with Crippen molar-refractivity contribution in [3.05, 3.63) is 35.6 Å². The van der Waals surface area contributed by atoms with Crippen LogP contribution in [0, 0.1) is 11.2 Å². The summed E-state index contributed by atoms with van der Waals surface area (Å²) in [6, 6.07) is 6.37. The molecule has 1 aromatic rings. The second-order valence-electron chi connectivity index (χ2n) is 6.04. The summed E-state index contributed by atoms with van der Waals surface area (Å²) >= 11 is 0. The summed E-state index contributed by atoms with van der Waals surface area (Å²) in [6.45, 7) is 7.81. The maximum Gasteiger partial charge on any atom is 0.225 e. The molecule has 0 spiro atoms. The summed E-state index contributed by atoms with van der Waals surface area (Å²) in [5.74, 6) is -0.553. The molecule has 0 saturated carbocycles. The lowest BCUT2D eigenvalue weighted by atomic mass is 9.96. The highest BCUT2D eigenvalue weighted by molar-refractivity contribution is 5.81. The molecule has 0 heterocycles. The van der Waals surface area contributed by atoms with Gasteiger partial charge in [-0.25, -0.2) is 4.39 Å². The number of carbonyl (C=O) groups excluding carboxylic acids is 2. The van der Waals surface area contributed by atoms with Crippen LogP contribution in [0.15, 0.2) is 24.3 Å². The van der Waals surface area contributed by atoms with E-state index in [2.05, 4.69) is 5.32 Å². The first kappa shape index (κ1) is 17.1. The van der Waals surface area contributed by atoms with Gasteiger partial charge in [-0.05, 0) is 6.07 Å². The molecule has 0 saturated heterocycles. The van der Waals surface area contributed by atoms with Crippen molar-refractivity contribution in [2.24, 2.45) is 5.41 Å². The van der Waals surface area contributed by atoms with Gasteiger partial charge < -0.3 is 10.2 Å². The predicted molar refractivity (Wildman–Crippen MR) is 80.0 cm³/mol. The fraction of sp³-hybridized carbons (Fsp3) is 0.500. The average Bonchev–Trinajstić information content (AvgIpc) is 2.38. The minimum atomic E-state index is -0.466. The number of benzene rings is 1. The maximum atomic E-state index is 13.6. The Morgan fingerprint density at radius 3 is 2.38 bits per heavy atom. The highest BCUT2D eigenvalue weighted by Gasteiger charge is 2.21. The Kier molecular flexibility index (Phi) is 5.88. The van der Waals surface area contributed by atoms with Gasteiger partial charge in [0.1, 0.15) is 5.82 Å². The lowest BCUT2D eigenvalue weighted by molar-refractivity contribution is -0.131. The highest BCUT2D eigenvalue weighted by atomic mass is 19.1. The number of carbonyl (C=O) groups is 2. The maximum absolute atomic E-state index is 13.6. The van der Waals surface area contributed by atoms with Gasteiger partial charge in [0, 0.05) is 37.5 Å². The number of amides is 2. The van der Waals surface area contributed by atoms with Crippen molar-refractivity contribution in [1.29, 1.82) is 0 Å². The van der Waals surface area contributed by atoms with Crippen molar-refractivity contribution in [3.63, 3.8) is 0 Å². The molecule has 0 radical (unpaired) electrons. The van der Waals surface area contributed by atoms with Gasteiger partial charge >= 0.3 is 0 Å². The molecular formula is C16H23FN2O2. The van der Waals surface area contributed by atoms with Crippen LogP contribution in [-0.4, -0.2) is 29.8 Å². The molecule has 2 amide bonds. The third kappa shape index (κ3) is 5.53. The molecule has 0 atom stereocenters. The van der Waals surface area contributed by atoms with Crippen LogP contribution >= 0.6 is 0 Å². The van der Waals surface area contributed by atoms with E-state index in [1.807, 2.05) is 20.8 Å². The number of nitrogens with one attached hydrogen (secondary N) is 1. The van der Waals surface area contributed by atoms with E-state index in [0.29, 0.717) is 18.7 Å². The van der Waals surface area contributed by atoms with E-state index < -0.39 is 5.41 Å². The summed E-state index contributed by atoms with van der Waals surface area (Å²) < 4.78 is 13.6. The third-order valence-electron chi connectivity index (χ3n) is 3.11. The normalized spacial score (nSPS) is 11.1. The lowest BCUT2D eigenvalue weighted by Gasteiger charge is -2.23. The third-order valence-corrected chi connectivity index (χ3v) is 3.11. The molecule has 5 heteroatoms. The molecule has 0 aromatic heterocycles. The number of rotatable bonds is 5. The molecular weight excluding hydrogens is 271 g/mol. The van der Waals surface area contributed by atoms with Gasteiger partial charge in [-0.2, -0.15) is 0 Å². The molecule has 21 heavy (non-hydrogen) atoms. The zero-order valence-electron chi connectivity index (χ0n) is 13.1. The van der Waals surface area contributed by atoms with Gasteiger partial charge in [0.2, 0.25) is 11.8 Å². The smallest absolute Gasteiger partial charge is 0.225 e. The second-order valence-corrected chi connectivity index (χ2v) is 6.04. The quantitative estimate of drug-likeness (QED) is 0.906. The Morgan fingerprint density at radius 2 is 1.86 bits per heavy atom. The van der Waals surface area contributed by atoms with Gasteiger partial charge in [-0.3, -0.25) is 9.59 Å². The summed E-state index contributed by atoms with van der Waals surface area (Å²) in [7, 11) is 0. The number of hydrogen-bond acceptors (Lipinski definition) is 2. The first-order valence-corrected chi connectivity index (χ1v) is 6.99. The molecule has 0 bridgehead atoms. The molecule has 4 nitrogen and oxygen atoms in total. The first-order chi connectivity index (χ1) is 9.71. The van der Waals surface area contributed by atoms with Crippen molar-refractivity contribution in [2.75, 3.05) is 13.1 Å². The average molecular weight is 294 g/mol. The van der Waals surface area contributed by atoms with Gasteiger partial charge in [-0.15, -0.1) is 0 Å². The van der Waals surface area contributed by atoms with Crippen LogP contribution < -0.4 is 5.32 Å². The monoisotopic (exact) mass is 294 g/mol. The van der Waals surface area contributed by atoms with Crippen LogP contribution in [0.2, 0.25) is 0 Å². The van der Waals surface area contributed by atoms with Crippen LogP contribution in [0.1, 0.15) is 33.3 Å². The minimum Gasteiger partial charge on any atom is -0.354 e. The summed E-state index contributed by atoms with van der Waals surface area (Å²) in [6.07, 6.45) is 0. The molecule has 116 valence electrons.